The van der Waals surface area contributed by atoms with Crippen LogP contribution in [0.25, 0.3) is 0 Å². The molecule has 0 aromatic heterocycles. The molecule has 0 bridgehead atoms. The third kappa shape index (κ3) is 4.72. The zero-order chi connectivity index (χ0) is 21.0. The first-order valence-electron chi connectivity index (χ1n) is 8.77. The number of rotatable bonds is 9. The van der Waals surface area contributed by atoms with Gasteiger partial charge in [-0.15, -0.1) is 0 Å². The Morgan fingerprint density at radius 3 is 2.36 bits per heavy atom. The minimum absolute atomic E-state index is 0.279. The standard InChI is InChI=1S/C16H26O12/c1-2-6(19)5-25-13-12(7(20)3-17)27-15(24)14(13)28-16-11(23)10(22)9(21)8(4-18)26-16/h6-12,16-23H,2-5H2,1H3/t6?,7-,8+,9+,10-,11+,12-,16-/m1/s1. The molecule has 7 N–H and O–H groups in total. The second kappa shape index (κ2) is 9.80. The molecule has 1 fully saturated rings. The molecule has 0 amide bonds. The Morgan fingerprint density at radius 1 is 1.11 bits per heavy atom. The lowest BCUT2D eigenvalue weighted by molar-refractivity contribution is -0.291. The highest BCUT2D eigenvalue weighted by Crippen LogP contribution is 2.31. The monoisotopic (exact) mass is 410 g/mol. The van der Waals surface area contributed by atoms with Crippen LogP contribution in [-0.4, -0.2) is 111 Å². The number of ether oxygens (including phenoxy) is 4. The summed E-state index contributed by atoms with van der Waals surface area (Å²) in [6.07, 6.45) is -11.6. The summed E-state index contributed by atoms with van der Waals surface area (Å²) in [6, 6.07) is 0. The van der Waals surface area contributed by atoms with Gasteiger partial charge in [0.2, 0.25) is 12.0 Å². The van der Waals surface area contributed by atoms with E-state index in [1.807, 2.05) is 0 Å². The maximum absolute atomic E-state index is 12.2. The number of aliphatic hydroxyl groups is 7. The van der Waals surface area contributed by atoms with Gasteiger partial charge in [0.25, 0.3) is 0 Å². The summed E-state index contributed by atoms with van der Waals surface area (Å²) in [5, 5.41) is 67.5. The Balaban J connectivity index is 2.27. The number of esters is 1. The summed E-state index contributed by atoms with van der Waals surface area (Å²) in [4.78, 5) is 12.2. The lowest BCUT2D eigenvalue weighted by Gasteiger charge is -2.39. The van der Waals surface area contributed by atoms with Crippen LogP contribution < -0.4 is 0 Å². The molecule has 0 spiro atoms. The van der Waals surface area contributed by atoms with E-state index >= 15 is 0 Å². The van der Waals surface area contributed by atoms with Gasteiger partial charge in [-0.3, -0.25) is 0 Å². The van der Waals surface area contributed by atoms with Crippen LogP contribution in [0, 0.1) is 0 Å². The SMILES string of the molecule is CCC(O)COC1=C(O[C@H]2O[C@@H](CO)[C@H](O)[C@@H](O)[C@@H]2O)C(=O)O[C@@H]1[C@H](O)CO. The van der Waals surface area contributed by atoms with E-state index in [0.29, 0.717) is 6.42 Å². The lowest BCUT2D eigenvalue weighted by Crippen LogP contribution is -2.59. The van der Waals surface area contributed by atoms with E-state index < -0.39 is 74.0 Å². The van der Waals surface area contributed by atoms with Crippen LogP contribution in [0.15, 0.2) is 11.5 Å². The molecule has 2 aliphatic heterocycles. The number of hydrogen-bond donors (Lipinski definition) is 7. The van der Waals surface area contributed by atoms with Crippen LogP contribution in [0.1, 0.15) is 13.3 Å². The summed E-state index contributed by atoms with van der Waals surface area (Å²) in [7, 11) is 0. The molecule has 2 aliphatic rings. The molecule has 12 heteroatoms. The first-order valence-corrected chi connectivity index (χ1v) is 8.77. The van der Waals surface area contributed by atoms with Gasteiger partial charge in [0.15, 0.2) is 11.9 Å². The summed E-state index contributed by atoms with van der Waals surface area (Å²) < 4.78 is 20.7. The van der Waals surface area contributed by atoms with E-state index in [9.17, 15) is 35.4 Å². The van der Waals surface area contributed by atoms with E-state index in [0.717, 1.165) is 0 Å². The maximum Gasteiger partial charge on any atom is 0.378 e. The largest absolute Gasteiger partial charge is 0.487 e. The Labute approximate surface area is 160 Å². The minimum Gasteiger partial charge on any atom is -0.487 e. The third-order valence-electron chi connectivity index (χ3n) is 4.42. The topological polar surface area (TPSA) is 196 Å². The van der Waals surface area contributed by atoms with Crippen LogP contribution in [-0.2, 0) is 23.7 Å². The molecule has 1 saturated heterocycles. The molecule has 2 heterocycles. The fraction of sp³-hybridized carbons (Fsp3) is 0.812. The number of aliphatic hydroxyl groups excluding tert-OH is 7. The first kappa shape index (κ1) is 22.8. The Kier molecular flexibility index (Phi) is 7.97. The van der Waals surface area contributed by atoms with Gasteiger partial charge in [0.05, 0.1) is 19.3 Å². The normalized spacial score (nSPS) is 35.5. The van der Waals surface area contributed by atoms with Crippen LogP contribution in [0.4, 0.5) is 0 Å². The van der Waals surface area contributed by atoms with Gasteiger partial charge in [-0.25, -0.2) is 4.79 Å². The molecule has 8 atom stereocenters. The predicted octanol–water partition coefficient (Wildman–Crippen LogP) is -3.92. The van der Waals surface area contributed by atoms with Crippen molar-refractivity contribution in [2.45, 2.75) is 62.4 Å². The molecule has 0 radical (unpaired) electrons. The summed E-state index contributed by atoms with van der Waals surface area (Å²) in [5.74, 6) is -2.04. The second-order valence-electron chi connectivity index (χ2n) is 6.46. The molecule has 162 valence electrons. The van der Waals surface area contributed by atoms with Crippen LogP contribution in [0.5, 0.6) is 0 Å². The molecule has 0 aromatic rings. The molecular formula is C16H26O12. The molecule has 28 heavy (non-hydrogen) atoms. The summed E-state index contributed by atoms with van der Waals surface area (Å²) in [6.45, 7) is -0.0660. The zero-order valence-electron chi connectivity index (χ0n) is 15.1. The smallest absolute Gasteiger partial charge is 0.378 e. The van der Waals surface area contributed by atoms with Gasteiger partial charge in [0, 0.05) is 0 Å². The van der Waals surface area contributed by atoms with Crippen molar-refractivity contribution < 1.29 is 59.5 Å². The van der Waals surface area contributed by atoms with Crippen molar-refractivity contribution in [1.29, 1.82) is 0 Å². The van der Waals surface area contributed by atoms with E-state index in [1.54, 1.807) is 6.92 Å². The van der Waals surface area contributed by atoms with Crippen molar-refractivity contribution in [2.24, 2.45) is 0 Å². The number of hydrogen-bond acceptors (Lipinski definition) is 12. The van der Waals surface area contributed by atoms with Gasteiger partial charge < -0.3 is 54.7 Å². The maximum atomic E-state index is 12.2. The van der Waals surface area contributed by atoms with Crippen molar-refractivity contribution in [2.75, 3.05) is 19.8 Å². The van der Waals surface area contributed by atoms with Crippen molar-refractivity contribution >= 4 is 5.97 Å². The van der Waals surface area contributed by atoms with Gasteiger partial charge in [-0.05, 0) is 6.42 Å². The van der Waals surface area contributed by atoms with Crippen molar-refractivity contribution in [3.63, 3.8) is 0 Å². The molecule has 0 saturated carbocycles. The average Bonchev–Trinajstić information content (AvgIpc) is 3.01. The van der Waals surface area contributed by atoms with Gasteiger partial charge in [0.1, 0.15) is 37.1 Å². The number of cyclic esters (lactones) is 1. The van der Waals surface area contributed by atoms with Gasteiger partial charge in [-0.2, -0.15) is 0 Å². The van der Waals surface area contributed by atoms with Crippen molar-refractivity contribution in [1.82, 2.24) is 0 Å². The highest BCUT2D eigenvalue weighted by atomic mass is 16.7. The van der Waals surface area contributed by atoms with Crippen LogP contribution in [0.2, 0.25) is 0 Å². The van der Waals surface area contributed by atoms with Crippen molar-refractivity contribution in [3.05, 3.63) is 11.5 Å². The minimum atomic E-state index is -1.79. The summed E-state index contributed by atoms with van der Waals surface area (Å²) >= 11 is 0. The highest BCUT2D eigenvalue weighted by Gasteiger charge is 2.48. The van der Waals surface area contributed by atoms with E-state index in [-0.39, 0.29) is 12.4 Å². The Morgan fingerprint density at radius 2 is 1.79 bits per heavy atom. The lowest BCUT2D eigenvalue weighted by atomic mass is 9.99. The first-order chi connectivity index (χ1) is 13.2. The molecule has 2 rings (SSSR count). The van der Waals surface area contributed by atoms with Gasteiger partial charge >= 0.3 is 5.97 Å². The molecular weight excluding hydrogens is 384 g/mol. The highest BCUT2D eigenvalue weighted by molar-refractivity contribution is 5.89. The van der Waals surface area contributed by atoms with E-state index in [1.165, 1.54) is 0 Å². The summed E-state index contributed by atoms with van der Waals surface area (Å²) in [5.41, 5.74) is 0. The Hall–Kier alpha value is -1.51. The average molecular weight is 410 g/mol. The van der Waals surface area contributed by atoms with E-state index in [2.05, 4.69) is 0 Å². The third-order valence-corrected chi connectivity index (χ3v) is 4.42. The van der Waals surface area contributed by atoms with Crippen molar-refractivity contribution in [3.8, 4) is 0 Å². The predicted molar refractivity (Wildman–Crippen MR) is 87.1 cm³/mol. The Bertz CT molecular complexity index is 564. The fourth-order valence-electron chi connectivity index (χ4n) is 2.64. The van der Waals surface area contributed by atoms with E-state index in [4.69, 9.17) is 24.1 Å². The molecule has 12 nitrogen and oxygen atoms in total. The second-order valence-corrected chi connectivity index (χ2v) is 6.46. The fourth-order valence-corrected chi connectivity index (χ4v) is 2.64. The molecule has 0 aromatic carbocycles. The van der Waals surface area contributed by atoms with Gasteiger partial charge in [-0.1, -0.05) is 6.92 Å². The van der Waals surface area contributed by atoms with Crippen LogP contribution >= 0.6 is 0 Å². The number of carbonyl (C=O) groups excluding carboxylic acids is 1. The molecule has 1 unspecified atom stereocenters. The number of carbonyl (C=O) groups is 1. The quantitative estimate of drug-likeness (QED) is 0.183. The molecule has 0 aliphatic carbocycles. The zero-order valence-corrected chi connectivity index (χ0v) is 15.1. The van der Waals surface area contributed by atoms with Crippen LogP contribution in [0.3, 0.4) is 0 Å².